The van der Waals surface area contributed by atoms with Crippen molar-refractivity contribution < 1.29 is 9.90 Å². The number of hydrogen-bond donors (Lipinski definition) is 1. The monoisotopic (exact) mass is 193 g/mol. The molecule has 0 radical (unpaired) electrons. The van der Waals surface area contributed by atoms with Gasteiger partial charge < -0.3 is 5.11 Å². The Bertz CT molecular complexity index is 332. The molecule has 74 valence electrons. The molecule has 1 aliphatic rings. The molecule has 1 aromatic heterocycles. The third-order valence-corrected chi connectivity index (χ3v) is 2.27. The van der Waals surface area contributed by atoms with E-state index >= 15 is 0 Å². The molecule has 2 heterocycles. The summed E-state index contributed by atoms with van der Waals surface area (Å²) in [5.74, 6) is -0.296. The Morgan fingerprint density at radius 3 is 2.50 bits per heavy atom. The van der Waals surface area contributed by atoms with Gasteiger partial charge in [-0.3, -0.25) is 4.90 Å². The molecule has 0 atom stereocenters. The maximum absolute atomic E-state index is 10.5. The molecule has 1 aromatic rings. The Kier molecular flexibility index (Phi) is 2.41. The van der Waals surface area contributed by atoms with Crippen molar-refractivity contribution in [2.24, 2.45) is 0 Å². The number of rotatable bonds is 3. The maximum Gasteiger partial charge on any atom is 0.338 e. The molecular formula is C9H11N3O2. The van der Waals surface area contributed by atoms with Crippen molar-refractivity contribution in [2.45, 2.75) is 13.0 Å². The molecule has 0 aromatic carbocycles. The van der Waals surface area contributed by atoms with Crippen molar-refractivity contribution in [2.75, 3.05) is 13.1 Å². The molecule has 0 unspecified atom stereocenters. The van der Waals surface area contributed by atoms with Crippen LogP contribution in [0.4, 0.5) is 0 Å². The molecule has 1 N–H and O–H groups in total. The van der Waals surface area contributed by atoms with Gasteiger partial charge in [-0.1, -0.05) is 0 Å². The van der Waals surface area contributed by atoms with Crippen LogP contribution in [0.1, 0.15) is 22.6 Å². The first-order valence-electron chi connectivity index (χ1n) is 4.52. The van der Waals surface area contributed by atoms with E-state index < -0.39 is 5.97 Å². The number of aromatic carboxylic acids is 1. The summed E-state index contributed by atoms with van der Waals surface area (Å²) in [6.07, 6.45) is 3.93. The van der Waals surface area contributed by atoms with E-state index in [2.05, 4.69) is 14.9 Å². The summed E-state index contributed by atoms with van der Waals surface area (Å²) in [6.45, 7) is 2.90. The van der Waals surface area contributed by atoms with Crippen LogP contribution in [-0.2, 0) is 6.54 Å². The third-order valence-electron chi connectivity index (χ3n) is 2.27. The minimum atomic E-state index is -0.986. The topological polar surface area (TPSA) is 66.3 Å². The second kappa shape index (κ2) is 3.71. The SMILES string of the molecule is O=C(O)c1cnc(CN2CCC2)nc1. The summed E-state index contributed by atoms with van der Waals surface area (Å²) < 4.78 is 0. The van der Waals surface area contributed by atoms with E-state index in [1.54, 1.807) is 0 Å². The lowest BCUT2D eigenvalue weighted by atomic mass is 10.2. The van der Waals surface area contributed by atoms with Crippen LogP contribution in [-0.4, -0.2) is 39.0 Å². The zero-order valence-electron chi connectivity index (χ0n) is 7.68. The highest BCUT2D eigenvalue weighted by atomic mass is 16.4. The Balaban J connectivity index is 2.01. The molecule has 1 aliphatic heterocycles. The Morgan fingerprint density at radius 1 is 1.43 bits per heavy atom. The second-order valence-corrected chi connectivity index (χ2v) is 3.32. The number of nitrogens with zero attached hydrogens (tertiary/aromatic N) is 3. The first-order valence-corrected chi connectivity index (χ1v) is 4.52. The molecule has 14 heavy (non-hydrogen) atoms. The van der Waals surface area contributed by atoms with Gasteiger partial charge in [-0.15, -0.1) is 0 Å². The minimum Gasteiger partial charge on any atom is -0.478 e. The van der Waals surface area contributed by atoms with E-state index in [1.807, 2.05) is 0 Å². The summed E-state index contributed by atoms with van der Waals surface area (Å²) in [6, 6.07) is 0. The minimum absolute atomic E-state index is 0.136. The van der Waals surface area contributed by atoms with E-state index in [9.17, 15) is 4.79 Å². The maximum atomic E-state index is 10.5. The van der Waals surface area contributed by atoms with E-state index in [0.29, 0.717) is 5.82 Å². The van der Waals surface area contributed by atoms with Crippen LogP contribution in [0.5, 0.6) is 0 Å². The van der Waals surface area contributed by atoms with Crippen molar-refractivity contribution in [1.29, 1.82) is 0 Å². The van der Waals surface area contributed by atoms with Crippen molar-refractivity contribution in [3.63, 3.8) is 0 Å². The van der Waals surface area contributed by atoms with Gasteiger partial charge in [0.1, 0.15) is 5.82 Å². The summed E-state index contributed by atoms with van der Waals surface area (Å²) in [5, 5.41) is 8.62. The molecule has 5 nitrogen and oxygen atoms in total. The van der Waals surface area contributed by atoms with E-state index in [1.165, 1.54) is 18.8 Å². The summed E-state index contributed by atoms with van der Waals surface area (Å²) in [4.78, 5) is 20.7. The number of carboxylic acid groups (broad SMARTS) is 1. The van der Waals surface area contributed by atoms with Crippen LogP contribution < -0.4 is 0 Å². The standard InChI is InChI=1S/C9H11N3O2/c13-9(14)7-4-10-8(11-5-7)6-12-2-1-3-12/h4-5H,1-3,6H2,(H,13,14). The van der Waals surface area contributed by atoms with Gasteiger partial charge in [0.15, 0.2) is 0 Å². The smallest absolute Gasteiger partial charge is 0.338 e. The predicted octanol–water partition coefficient (Wildman–Crippen LogP) is 0.380. The van der Waals surface area contributed by atoms with Gasteiger partial charge in [0.25, 0.3) is 0 Å². The number of carbonyl (C=O) groups is 1. The highest BCUT2D eigenvalue weighted by molar-refractivity contribution is 5.86. The van der Waals surface area contributed by atoms with Gasteiger partial charge in [0.05, 0.1) is 12.1 Å². The average Bonchev–Trinajstić information content (AvgIpc) is 2.12. The fraction of sp³-hybridized carbons (Fsp3) is 0.444. The summed E-state index contributed by atoms with van der Waals surface area (Å²) >= 11 is 0. The molecule has 1 fully saturated rings. The number of aromatic nitrogens is 2. The molecule has 0 spiro atoms. The Morgan fingerprint density at radius 2 is 2.07 bits per heavy atom. The van der Waals surface area contributed by atoms with Crippen molar-refractivity contribution in [3.8, 4) is 0 Å². The molecule has 0 bridgehead atoms. The number of hydrogen-bond acceptors (Lipinski definition) is 4. The van der Waals surface area contributed by atoms with Crippen LogP contribution in [0.3, 0.4) is 0 Å². The van der Waals surface area contributed by atoms with Gasteiger partial charge in [-0.25, -0.2) is 14.8 Å². The lowest BCUT2D eigenvalue weighted by Crippen LogP contribution is -2.36. The van der Waals surface area contributed by atoms with E-state index in [0.717, 1.165) is 19.6 Å². The molecular weight excluding hydrogens is 182 g/mol. The van der Waals surface area contributed by atoms with E-state index in [4.69, 9.17) is 5.11 Å². The van der Waals surface area contributed by atoms with Gasteiger partial charge in [0.2, 0.25) is 0 Å². The number of likely N-dealkylation sites (tertiary alicyclic amines) is 1. The Labute approximate surface area is 81.4 Å². The molecule has 0 aliphatic carbocycles. The van der Waals surface area contributed by atoms with Gasteiger partial charge in [-0.2, -0.15) is 0 Å². The van der Waals surface area contributed by atoms with Gasteiger partial charge in [0, 0.05) is 12.4 Å². The van der Waals surface area contributed by atoms with Crippen LogP contribution in [0.15, 0.2) is 12.4 Å². The van der Waals surface area contributed by atoms with Crippen molar-refractivity contribution >= 4 is 5.97 Å². The van der Waals surface area contributed by atoms with Crippen molar-refractivity contribution in [1.82, 2.24) is 14.9 Å². The average molecular weight is 193 g/mol. The molecule has 0 saturated carbocycles. The van der Waals surface area contributed by atoms with Crippen LogP contribution in [0.2, 0.25) is 0 Å². The zero-order chi connectivity index (χ0) is 9.97. The first kappa shape index (κ1) is 9.08. The van der Waals surface area contributed by atoms with Crippen LogP contribution in [0, 0.1) is 0 Å². The van der Waals surface area contributed by atoms with Crippen LogP contribution >= 0.6 is 0 Å². The lowest BCUT2D eigenvalue weighted by Gasteiger charge is -2.29. The van der Waals surface area contributed by atoms with Gasteiger partial charge in [-0.05, 0) is 19.5 Å². The van der Waals surface area contributed by atoms with Crippen LogP contribution in [0.25, 0.3) is 0 Å². The van der Waals surface area contributed by atoms with Gasteiger partial charge >= 0.3 is 5.97 Å². The fourth-order valence-electron chi connectivity index (χ4n) is 1.29. The lowest BCUT2D eigenvalue weighted by molar-refractivity contribution is 0.0695. The second-order valence-electron chi connectivity index (χ2n) is 3.32. The fourth-order valence-corrected chi connectivity index (χ4v) is 1.29. The summed E-state index contributed by atoms with van der Waals surface area (Å²) in [7, 11) is 0. The highest BCUT2D eigenvalue weighted by Gasteiger charge is 2.15. The number of carboxylic acids is 1. The van der Waals surface area contributed by atoms with Crippen molar-refractivity contribution in [3.05, 3.63) is 23.8 Å². The molecule has 0 amide bonds. The molecule has 5 heteroatoms. The zero-order valence-corrected chi connectivity index (χ0v) is 7.68. The Hall–Kier alpha value is -1.49. The molecule has 1 saturated heterocycles. The largest absolute Gasteiger partial charge is 0.478 e. The summed E-state index contributed by atoms with van der Waals surface area (Å²) in [5.41, 5.74) is 0.136. The first-order chi connectivity index (χ1) is 6.75. The third kappa shape index (κ3) is 1.88. The van der Waals surface area contributed by atoms with E-state index in [-0.39, 0.29) is 5.56 Å². The normalized spacial score (nSPS) is 16.3. The molecule has 2 rings (SSSR count). The predicted molar refractivity (Wildman–Crippen MR) is 48.9 cm³/mol. The highest BCUT2D eigenvalue weighted by Crippen LogP contribution is 2.09. The quantitative estimate of drug-likeness (QED) is 0.751.